The van der Waals surface area contributed by atoms with Gasteiger partial charge in [-0.3, -0.25) is 4.79 Å². The van der Waals surface area contributed by atoms with Crippen LogP contribution in [0.5, 0.6) is 0 Å². The molecular formula is C19H18Cl2N2O3S. The highest BCUT2D eigenvalue weighted by atomic mass is 35.5. The Hall–Kier alpha value is -1.86. The number of rotatable bonds is 5. The van der Waals surface area contributed by atoms with Crippen molar-refractivity contribution in [1.29, 1.82) is 0 Å². The molecule has 2 aromatic rings. The van der Waals surface area contributed by atoms with Crippen molar-refractivity contribution in [2.24, 2.45) is 0 Å². The molecule has 0 unspecified atom stereocenters. The van der Waals surface area contributed by atoms with Gasteiger partial charge in [-0.2, -0.15) is 4.31 Å². The molecule has 8 heteroatoms. The molecule has 1 heterocycles. The van der Waals surface area contributed by atoms with Crippen molar-refractivity contribution in [2.45, 2.75) is 4.90 Å². The van der Waals surface area contributed by atoms with Crippen LogP contribution in [0.4, 0.5) is 5.69 Å². The molecular weight excluding hydrogens is 407 g/mol. The zero-order chi connectivity index (χ0) is 19.4. The number of piperazine rings is 1. The fourth-order valence-electron chi connectivity index (χ4n) is 2.97. The number of benzene rings is 2. The van der Waals surface area contributed by atoms with Gasteiger partial charge in [0, 0.05) is 26.2 Å². The molecule has 1 aliphatic heterocycles. The van der Waals surface area contributed by atoms with E-state index in [9.17, 15) is 13.2 Å². The molecule has 1 aliphatic rings. The Morgan fingerprint density at radius 3 is 2.37 bits per heavy atom. The monoisotopic (exact) mass is 424 g/mol. The summed E-state index contributed by atoms with van der Waals surface area (Å²) in [5.41, 5.74) is 1.51. The van der Waals surface area contributed by atoms with Gasteiger partial charge in [0.1, 0.15) is 0 Å². The molecule has 0 atom stereocenters. The van der Waals surface area contributed by atoms with Crippen LogP contribution in [0.1, 0.15) is 5.56 Å². The van der Waals surface area contributed by atoms with Crippen molar-refractivity contribution in [2.75, 3.05) is 31.1 Å². The molecule has 0 aliphatic carbocycles. The van der Waals surface area contributed by atoms with Crippen molar-refractivity contribution in [1.82, 2.24) is 4.31 Å². The first-order valence-corrected chi connectivity index (χ1v) is 10.5. The first kappa shape index (κ1) is 19.9. The molecule has 27 heavy (non-hydrogen) atoms. The maximum atomic E-state index is 13.0. The molecule has 0 saturated carbocycles. The minimum Gasteiger partial charge on any atom is -0.368 e. The molecule has 2 aromatic carbocycles. The first-order chi connectivity index (χ1) is 12.9. The number of carbonyl (C=O) groups is 1. The van der Waals surface area contributed by atoms with E-state index >= 15 is 0 Å². The number of para-hydroxylation sites is 1. The van der Waals surface area contributed by atoms with Crippen molar-refractivity contribution in [3.63, 3.8) is 0 Å². The number of anilines is 1. The van der Waals surface area contributed by atoms with E-state index in [0.29, 0.717) is 36.8 Å². The number of allylic oxidation sites excluding steroid dienone is 1. The van der Waals surface area contributed by atoms with Gasteiger partial charge in [-0.1, -0.05) is 41.9 Å². The summed E-state index contributed by atoms with van der Waals surface area (Å²) in [5.74, 6) is 0. The van der Waals surface area contributed by atoms with Gasteiger partial charge < -0.3 is 4.90 Å². The maximum Gasteiger partial charge on any atom is 0.245 e. The van der Waals surface area contributed by atoms with Crippen molar-refractivity contribution in [3.8, 4) is 0 Å². The lowest BCUT2D eigenvalue weighted by molar-refractivity contribution is -0.107. The van der Waals surface area contributed by atoms with Gasteiger partial charge in [0.05, 0.1) is 15.6 Å². The number of carbonyl (C=O) groups excluding carboxylic acids is 1. The summed E-state index contributed by atoms with van der Waals surface area (Å²) < 4.78 is 27.4. The van der Waals surface area contributed by atoms with Crippen LogP contribution < -0.4 is 4.90 Å². The summed E-state index contributed by atoms with van der Waals surface area (Å²) in [6.45, 7) is 1.86. The highest BCUT2D eigenvalue weighted by molar-refractivity contribution is 7.89. The topological polar surface area (TPSA) is 57.7 Å². The highest BCUT2D eigenvalue weighted by Crippen LogP contribution is 2.27. The summed E-state index contributed by atoms with van der Waals surface area (Å²) in [6.07, 6.45) is 2.68. The molecule has 0 spiro atoms. The van der Waals surface area contributed by atoms with Gasteiger partial charge in [0.2, 0.25) is 15.3 Å². The molecule has 0 amide bonds. The van der Waals surface area contributed by atoms with Crippen molar-refractivity contribution < 1.29 is 13.2 Å². The lowest BCUT2D eigenvalue weighted by Gasteiger charge is -2.35. The smallest absolute Gasteiger partial charge is 0.245 e. The molecule has 5 nitrogen and oxygen atoms in total. The molecule has 0 radical (unpaired) electrons. The van der Waals surface area contributed by atoms with Crippen LogP contribution in [-0.4, -0.2) is 44.1 Å². The standard InChI is InChI=1S/C19H18Cl2N2O3S/c20-17-6-1-2-7-18(17)22-10-12-23(13-11-22)27(25,26)16-5-3-4-15(14-16)8-9-19(21)24/h1-9,14H,10-13H2. The fraction of sp³-hybridized carbons (Fsp3) is 0.211. The number of hydrogen-bond acceptors (Lipinski definition) is 4. The Bertz CT molecular complexity index is 968. The zero-order valence-corrected chi connectivity index (χ0v) is 16.7. The minimum absolute atomic E-state index is 0.192. The molecule has 1 fully saturated rings. The van der Waals surface area contributed by atoms with E-state index in [1.807, 2.05) is 24.3 Å². The maximum absolute atomic E-state index is 13.0. The number of halogens is 2. The second-order valence-corrected chi connectivity index (χ2v) is 8.77. The van der Waals surface area contributed by atoms with Crippen LogP contribution in [-0.2, 0) is 14.8 Å². The van der Waals surface area contributed by atoms with Crippen molar-refractivity contribution in [3.05, 3.63) is 65.2 Å². The Balaban J connectivity index is 1.75. The number of sulfonamides is 1. The number of nitrogens with zero attached hydrogens (tertiary/aromatic N) is 2. The van der Waals surface area contributed by atoms with Crippen LogP contribution in [0, 0.1) is 0 Å². The van der Waals surface area contributed by atoms with E-state index < -0.39 is 15.3 Å². The second kappa shape index (κ2) is 8.44. The normalized spacial score (nSPS) is 16.0. The van der Waals surface area contributed by atoms with Crippen LogP contribution in [0.3, 0.4) is 0 Å². The molecule has 1 saturated heterocycles. The van der Waals surface area contributed by atoms with Gasteiger partial charge in [-0.15, -0.1) is 0 Å². The van der Waals surface area contributed by atoms with Gasteiger partial charge in [-0.05, 0) is 47.5 Å². The summed E-state index contributed by atoms with van der Waals surface area (Å²) in [6, 6.07) is 14.0. The summed E-state index contributed by atoms with van der Waals surface area (Å²) >= 11 is 11.5. The van der Waals surface area contributed by atoms with Gasteiger partial charge in [0.15, 0.2) is 0 Å². The first-order valence-electron chi connectivity index (χ1n) is 8.35. The third-order valence-corrected chi connectivity index (χ3v) is 6.67. The van der Waals surface area contributed by atoms with Gasteiger partial charge >= 0.3 is 0 Å². The predicted octanol–water partition coefficient (Wildman–Crippen LogP) is 3.63. The van der Waals surface area contributed by atoms with Crippen LogP contribution in [0.2, 0.25) is 5.02 Å². The van der Waals surface area contributed by atoms with Crippen LogP contribution in [0.15, 0.2) is 59.5 Å². The Kier molecular flexibility index (Phi) is 6.22. The van der Waals surface area contributed by atoms with Gasteiger partial charge in [-0.25, -0.2) is 8.42 Å². The SMILES string of the molecule is O=C(Cl)C=Cc1cccc(S(=O)(=O)N2CCN(c3ccccc3Cl)CC2)c1. The van der Waals surface area contributed by atoms with E-state index in [2.05, 4.69) is 4.90 Å². The van der Waals surface area contributed by atoms with E-state index in [1.165, 1.54) is 22.5 Å². The third-order valence-electron chi connectivity index (χ3n) is 4.33. The van der Waals surface area contributed by atoms with E-state index in [-0.39, 0.29) is 4.90 Å². The van der Waals surface area contributed by atoms with Crippen LogP contribution >= 0.6 is 23.2 Å². The van der Waals surface area contributed by atoms with Gasteiger partial charge in [0.25, 0.3) is 0 Å². The third kappa shape index (κ3) is 4.71. The largest absolute Gasteiger partial charge is 0.368 e. The molecule has 3 rings (SSSR count). The van der Waals surface area contributed by atoms with Crippen molar-refractivity contribution >= 4 is 50.2 Å². The minimum atomic E-state index is -3.62. The lowest BCUT2D eigenvalue weighted by atomic mass is 10.2. The average molecular weight is 425 g/mol. The molecule has 0 N–H and O–H groups in total. The quantitative estimate of drug-likeness (QED) is 0.542. The lowest BCUT2D eigenvalue weighted by Crippen LogP contribution is -2.48. The Morgan fingerprint density at radius 2 is 1.70 bits per heavy atom. The summed E-state index contributed by atoms with van der Waals surface area (Å²) in [5, 5.41) is 0.0427. The van der Waals surface area contributed by atoms with E-state index in [0.717, 1.165) is 5.69 Å². The molecule has 0 bridgehead atoms. The average Bonchev–Trinajstić information content (AvgIpc) is 2.67. The predicted molar refractivity (Wildman–Crippen MR) is 109 cm³/mol. The van der Waals surface area contributed by atoms with E-state index in [1.54, 1.807) is 18.2 Å². The second-order valence-electron chi connectivity index (χ2n) is 6.05. The van der Waals surface area contributed by atoms with E-state index in [4.69, 9.17) is 23.2 Å². The molecule has 142 valence electrons. The fourth-order valence-corrected chi connectivity index (χ4v) is 4.76. The summed E-state index contributed by atoms with van der Waals surface area (Å²) in [7, 11) is -3.62. The Labute approximate surface area is 168 Å². The molecule has 0 aromatic heterocycles. The number of hydrogen-bond donors (Lipinski definition) is 0. The zero-order valence-electron chi connectivity index (χ0n) is 14.4. The highest BCUT2D eigenvalue weighted by Gasteiger charge is 2.29. The van der Waals surface area contributed by atoms with Crippen LogP contribution in [0.25, 0.3) is 6.08 Å². The summed E-state index contributed by atoms with van der Waals surface area (Å²) in [4.78, 5) is 13.1. The Morgan fingerprint density at radius 1 is 1.00 bits per heavy atom.